The summed E-state index contributed by atoms with van der Waals surface area (Å²) in [6.45, 7) is 14.8. The van der Waals surface area contributed by atoms with Crippen LogP contribution in [0.2, 0.25) is 0 Å². The van der Waals surface area contributed by atoms with Crippen molar-refractivity contribution >= 4 is 122 Å². The van der Waals surface area contributed by atoms with E-state index in [4.69, 9.17) is 0 Å². The highest BCUT2D eigenvalue weighted by atomic mass is 15.2. The number of benzene rings is 11. The van der Waals surface area contributed by atoms with Gasteiger partial charge in [-0.2, -0.15) is 0 Å². The number of fused-ring (bicyclic) bond motifs is 20. The zero-order valence-corrected chi connectivity index (χ0v) is 43.2. The van der Waals surface area contributed by atoms with Crippen molar-refractivity contribution in [2.24, 2.45) is 0 Å². The number of nitrogens with zero attached hydrogens (tertiary/aromatic N) is 2. The van der Waals surface area contributed by atoms with Gasteiger partial charge in [0.2, 0.25) is 0 Å². The highest BCUT2D eigenvalue weighted by Gasteiger charge is 2.47. The van der Waals surface area contributed by atoms with Crippen molar-refractivity contribution in [3.63, 3.8) is 0 Å². The molecule has 15 rings (SSSR count). The predicted molar refractivity (Wildman–Crippen MR) is 316 cm³/mol. The van der Waals surface area contributed by atoms with Crippen LogP contribution < -0.4 is 26.2 Å². The van der Waals surface area contributed by atoms with Gasteiger partial charge in [0.25, 0.3) is 6.71 Å². The number of anilines is 6. The molecule has 0 saturated heterocycles. The average molecular weight is 941 g/mol. The summed E-state index contributed by atoms with van der Waals surface area (Å²) in [4.78, 5) is 5.54. The molecule has 354 valence electrons. The van der Waals surface area contributed by atoms with Gasteiger partial charge in [-0.1, -0.05) is 175 Å². The molecule has 0 aromatic heterocycles. The second-order valence-electron chi connectivity index (χ2n) is 24.0. The lowest BCUT2D eigenvalue weighted by Crippen LogP contribution is -2.62. The van der Waals surface area contributed by atoms with Crippen LogP contribution in [0.3, 0.4) is 0 Å². The van der Waals surface area contributed by atoms with Gasteiger partial charge in [0, 0.05) is 33.8 Å². The maximum absolute atomic E-state index is 2.79. The van der Waals surface area contributed by atoms with Crippen molar-refractivity contribution in [2.75, 3.05) is 9.80 Å². The smallest absolute Gasteiger partial charge is 0.252 e. The largest absolute Gasteiger partial charge is 0.311 e. The summed E-state index contributed by atoms with van der Waals surface area (Å²) in [7, 11) is 0. The molecule has 2 heterocycles. The van der Waals surface area contributed by atoms with Gasteiger partial charge < -0.3 is 9.80 Å². The van der Waals surface area contributed by atoms with Gasteiger partial charge in [-0.3, -0.25) is 0 Å². The molecule has 0 atom stereocenters. The summed E-state index contributed by atoms with van der Waals surface area (Å²) in [6.07, 6.45) is 9.33. The summed E-state index contributed by atoms with van der Waals surface area (Å²) < 4.78 is 0. The Morgan fingerprint density at radius 2 is 0.712 bits per heavy atom. The van der Waals surface area contributed by atoms with Crippen molar-refractivity contribution in [1.29, 1.82) is 0 Å². The fourth-order valence-electron chi connectivity index (χ4n) is 14.8. The fourth-order valence-corrected chi connectivity index (χ4v) is 14.8. The third-order valence-corrected chi connectivity index (χ3v) is 17.8. The Hall–Kier alpha value is -7.36. The standard InChI is InChI=1S/C70H61BN2/c1-69(2,3)58-40-60-67(55-31-17-14-28-51(55)58)72(42-37-38-50-45-23-8-7-21-43(45)44-22-10-12-27-49(44)57(50)39-42)63-35-20-36-64-66(63)71(60)61-41-59(70(4,5)6)52-29-15-18-32-56(52)68(61)73(64)62-34-19-33-54-48-25-11-9-24-46(48)47-26-13-16-30-53(47)65(54)62/h7-13,16,19-27,30,33-41H,14-15,17-18,28-29,31-32H2,1-6H3. The molecule has 4 aliphatic rings. The first kappa shape index (κ1) is 43.2. The minimum Gasteiger partial charge on any atom is -0.311 e. The average Bonchev–Trinajstić information content (AvgIpc) is 3.42. The monoisotopic (exact) mass is 940 g/mol. The molecular formula is C70H61BN2. The molecule has 0 spiro atoms. The van der Waals surface area contributed by atoms with Crippen molar-refractivity contribution in [3.05, 3.63) is 197 Å². The van der Waals surface area contributed by atoms with Crippen LogP contribution in [-0.4, -0.2) is 6.71 Å². The van der Waals surface area contributed by atoms with Gasteiger partial charge in [0.1, 0.15) is 0 Å². The van der Waals surface area contributed by atoms with Crippen LogP contribution in [-0.2, 0) is 36.5 Å². The van der Waals surface area contributed by atoms with E-state index in [1.165, 1.54) is 152 Å². The van der Waals surface area contributed by atoms with Crippen LogP contribution in [0.1, 0.15) is 101 Å². The van der Waals surface area contributed by atoms with E-state index in [-0.39, 0.29) is 17.5 Å². The molecular weight excluding hydrogens is 880 g/mol. The number of hydrogen-bond donors (Lipinski definition) is 0. The molecule has 0 amide bonds. The van der Waals surface area contributed by atoms with Crippen LogP contribution in [0.4, 0.5) is 34.1 Å². The third-order valence-electron chi connectivity index (χ3n) is 17.8. The fraction of sp³-hybridized carbons (Fsp3) is 0.229. The Kier molecular flexibility index (Phi) is 9.23. The summed E-state index contributed by atoms with van der Waals surface area (Å²) in [5.41, 5.74) is 21.7. The van der Waals surface area contributed by atoms with E-state index in [2.05, 4.69) is 215 Å². The molecule has 2 aliphatic heterocycles. The van der Waals surface area contributed by atoms with E-state index in [1.807, 2.05) is 0 Å². The zero-order valence-electron chi connectivity index (χ0n) is 43.2. The van der Waals surface area contributed by atoms with Crippen molar-refractivity contribution in [3.8, 4) is 0 Å². The third kappa shape index (κ3) is 6.12. The molecule has 11 aromatic carbocycles. The first-order valence-corrected chi connectivity index (χ1v) is 27.3. The molecule has 0 unspecified atom stereocenters. The quantitative estimate of drug-likeness (QED) is 0.126. The Bertz CT molecular complexity index is 4120. The predicted octanol–water partition coefficient (Wildman–Crippen LogP) is 17.0. The maximum Gasteiger partial charge on any atom is 0.252 e. The van der Waals surface area contributed by atoms with Gasteiger partial charge in [-0.05, 0) is 202 Å². The van der Waals surface area contributed by atoms with Crippen molar-refractivity contribution < 1.29 is 0 Å². The molecule has 2 nitrogen and oxygen atoms in total. The molecule has 2 aliphatic carbocycles. The number of hydrogen-bond acceptors (Lipinski definition) is 2. The summed E-state index contributed by atoms with van der Waals surface area (Å²) in [5.74, 6) is 0. The Morgan fingerprint density at radius 1 is 0.342 bits per heavy atom. The first-order chi connectivity index (χ1) is 35.5. The van der Waals surface area contributed by atoms with Crippen molar-refractivity contribution in [2.45, 2.75) is 104 Å². The Labute approximate surface area is 430 Å². The Morgan fingerprint density at radius 3 is 1.21 bits per heavy atom. The molecule has 3 heteroatoms. The van der Waals surface area contributed by atoms with Crippen LogP contribution in [0, 0.1) is 0 Å². The molecule has 0 saturated carbocycles. The molecule has 73 heavy (non-hydrogen) atoms. The molecule has 11 aromatic rings. The van der Waals surface area contributed by atoms with Gasteiger partial charge in [-0.15, -0.1) is 0 Å². The SMILES string of the molecule is CC(C)(C)c1cc2c(c3c1CCCC3)N(c1ccc3c4ccccc4c4ccccc4c3c1)c1cccc3c1B2c1cc(C(C)(C)C)c2c(c1N3c1cccc3c4ccccc4c4ccccc4c13)CCCC2. The topological polar surface area (TPSA) is 6.48 Å². The van der Waals surface area contributed by atoms with Gasteiger partial charge in [0.15, 0.2) is 0 Å². The maximum atomic E-state index is 2.79. The van der Waals surface area contributed by atoms with E-state index in [0.29, 0.717) is 0 Å². The van der Waals surface area contributed by atoms with E-state index >= 15 is 0 Å². The molecule has 0 radical (unpaired) electrons. The second-order valence-corrected chi connectivity index (χ2v) is 24.0. The lowest BCUT2D eigenvalue weighted by Gasteiger charge is -2.48. The highest BCUT2D eigenvalue weighted by molar-refractivity contribution is 7.00. The summed E-state index contributed by atoms with van der Waals surface area (Å²) >= 11 is 0. The van der Waals surface area contributed by atoms with Gasteiger partial charge in [-0.25, -0.2) is 0 Å². The van der Waals surface area contributed by atoms with E-state index in [0.717, 1.165) is 25.7 Å². The van der Waals surface area contributed by atoms with Crippen LogP contribution >= 0.6 is 0 Å². The van der Waals surface area contributed by atoms with Crippen molar-refractivity contribution in [1.82, 2.24) is 0 Å². The summed E-state index contributed by atoms with van der Waals surface area (Å²) in [5, 5.41) is 15.7. The molecule has 0 fully saturated rings. The van der Waals surface area contributed by atoms with E-state index in [1.54, 1.807) is 22.3 Å². The van der Waals surface area contributed by atoms with Gasteiger partial charge >= 0.3 is 0 Å². The first-order valence-electron chi connectivity index (χ1n) is 27.3. The van der Waals surface area contributed by atoms with E-state index in [9.17, 15) is 0 Å². The van der Waals surface area contributed by atoms with Crippen LogP contribution in [0.15, 0.2) is 164 Å². The lowest BCUT2D eigenvalue weighted by atomic mass is 9.32. The van der Waals surface area contributed by atoms with Gasteiger partial charge in [0.05, 0.1) is 5.69 Å². The van der Waals surface area contributed by atoms with Crippen LogP contribution in [0.25, 0.3) is 64.6 Å². The normalized spacial score (nSPS) is 15.3. The molecule has 0 N–H and O–H groups in total. The summed E-state index contributed by atoms with van der Waals surface area (Å²) in [6, 6.07) is 63.7. The van der Waals surface area contributed by atoms with E-state index < -0.39 is 0 Å². The highest BCUT2D eigenvalue weighted by Crippen LogP contribution is 2.53. The Balaban J connectivity index is 1.11. The minimum atomic E-state index is -0.0242. The van der Waals surface area contributed by atoms with Crippen LogP contribution in [0.5, 0.6) is 0 Å². The minimum absolute atomic E-state index is 0.0211. The second kappa shape index (κ2) is 15.6. The number of rotatable bonds is 2. The molecule has 0 bridgehead atoms. The zero-order chi connectivity index (χ0) is 49.1. The lowest BCUT2D eigenvalue weighted by molar-refractivity contribution is 0.569.